The van der Waals surface area contributed by atoms with E-state index in [0.29, 0.717) is 34.1 Å². The van der Waals surface area contributed by atoms with Crippen molar-refractivity contribution in [3.63, 3.8) is 0 Å². The van der Waals surface area contributed by atoms with Gasteiger partial charge in [0, 0.05) is 5.41 Å². The molecule has 0 spiro atoms. The summed E-state index contributed by atoms with van der Waals surface area (Å²) in [5, 5.41) is 0. The quantitative estimate of drug-likeness (QED) is 0.153. The molecule has 0 saturated carbocycles. The number of ether oxygens (including phenoxy) is 4. The van der Waals surface area contributed by atoms with E-state index in [0.717, 1.165) is 22.3 Å². The molecule has 6 nitrogen and oxygen atoms in total. The first-order chi connectivity index (χ1) is 18.3. The highest BCUT2D eigenvalue weighted by atomic mass is 16.5. The van der Waals surface area contributed by atoms with Crippen LogP contribution in [0.2, 0.25) is 0 Å². The maximum atomic E-state index is 12.7. The minimum Gasteiger partial charge on any atom is -0.497 e. The third-order valence-electron chi connectivity index (χ3n) is 6.68. The Labute approximate surface area is 221 Å². The molecule has 1 aliphatic carbocycles. The molecule has 0 radical (unpaired) electrons. The molecular weight excluding hydrogens is 480 g/mol. The van der Waals surface area contributed by atoms with Gasteiger partial charge in [0.25, 0.3) is 0 Å². The monoisotopic (exact) mass is 506 g/mol. The molecule has 0 unspecified atom stereocenters. The lowest BCUT2D eigenvalue weighted by Gasteiger charge is -2.22. The molecule has 6 heteroatoms. The van der Waals surface area contributed by atoms with Crippen molar-refractivity contribution in [2.75, 3.05) is 7.11 Å². The van der Waals surface area contributed by atoms with Gasteiger partial charge in [-0.1, -0.05) is 32.6 Å². The number of rotatable bonds is 7. The zero-order chi connectivity index (χ0) is 26.9. The van der Waals surface area contributed by atoms with Gasteiger partial charge in [-0.15, -0.1) is 0 Å². The number of fused-ring (bicyclic) bond motifs is 3. The molecule has 190 valence electrons. The number of carbonyl (C=O) groups excluding carboxylic acids is 2. The predicted molar refractivity (Wildman–Crippen MR) is 144 cm³/mol. The van der Waals surface area contributed by atoms with Crippen LogP contribution in [-0.2, 0) is 5.41 Å². The number of hydrogen-bond donors (Lipinski definition) is 0. The Hall–Kier alpha value is -4.84. The maximum Gasteiger partial charge on any atom is 0.343 e. The van der Waals surface area contributed by atoms with Gasteiger partial charge in [0.15, 0.2) is 0 Å². The fourth-order valence-corrected chi connectivity index (χ4v) is 4.65. The van der Waals surface area contributed by atoms with Gasteiger partial charge < -0.3 is 18.9 Å². The first kappa shape index (κ1) is 24.8. The van der Waals surface area contributed by atoms with E-state index in [1.807, 2.05) is 24.3 Å². The third kappa shape index (κ3) is 4.64. The molecule has 0 aromatic heterocycles. The average molecular weight is 507 g/mol. The average Bonchev–Trinajstić information content (AvgIpc) is 3.15. The van der Waals surface area contributed by atoms with Crippen LogP contribution < -0.4 is 18.9 Å². The van der Waals surface area contributed by atoms with E-state index in [1.165, 1.54) is 6.26 Å². The van der Waals surface area contributed by atoms with Gasteiger partial charge in [-0.25, -0.2) is 9.59 Å². The summed E-state index contributed by atoms with van der Waals surface area (Å²) in [5.74, 6) is 1.26. The van der Waals surface area contributed by atoms with E-state index < -0.39 is 17.4 Å². The highest BCUT2D eigenvalue weighted by molar-refractivity contribution is 5.92. The van der Waals surface area contributed by atoms with E-state index in [-0.39, 0.29) is 0 Å². The van der Waals surface area contributed by atoms with Gasteiger partial charge in [0.1, 0.15) is 23.0 Å². The van der Waals surface area contributed by atoms with Crippen molar-refractivity contribution < 1.29 is 28.5 Å². The van der Waals surface area contributed by atoms with Crippen molar-refractivity contribution in [2.45, 2.75) is 19.3 Å². The Morgan fingerprint density at radius 1 is 0.658 bits per heavy atom. The molecule has 4 aromatic carbocycles. The highest BCUT2D eigenvalue weighted by Crippen LogP contribution is 2.50. The maximum absolute atomic E-state index is 12.7. The SMILES string of the molecule is C=COc1ccc(C(=O)Oc2ccc3c(c2)C(C)(C)c2cc(OC(=O)c4ccc(OC)cc4)ccc2-3)cc1. The Morgan fingerprint density at radius 2 is 1.08 bits per heavy atom. The number of carbonyl (C=O) groups is 2. The second kappa shape index (κ2) is 9.90. The number of benzene rings is 4. The Bertz CT molecular complexity index is 1530. The van der Waals surface area contributed by atoms with Crippen molar-refractivity contribution in [2.24, 2.45) is 0 Å². The molecule has 38 heavy (non-hydrogen) atoms. The van der Waals surface area contributed by atoms with Crippen molar-refractivity contribution in [3.05, 3.63) is 120 Å². The molecule has 0 bridgehead atoms. The summed E-state index contributed by atoms with van der Waals surface area (Å²) in [6, 6.07) is 24.7. The topological polar surface area (TPSA) is 71.1 Å². The standard InChI is InChI=1S/C32H26O6/c1-5-36-23-12-8-21(9-13-23)31(34)38-25-15-17-27-26-16-14-24(18-28(26)32(2,3)29(27)19-25)37-30(33)20-6-10-22(35-4)11-7-20/h5-19H,1H2,2-4H3. The zero-order valence-corrected chi connectivity index (χ0v) is 21.3. The zero-order valence-electron chi connectivity index (χ0n) is 21.3. The second-order valence-corrected chi connectivity index (χ2v) is 9.36. The summed E-state index contributed by atoms with van der Waals surface area (Å²) in [6.45, 7) is 7.71. The van der Waals surface area contributed by atoms with Crippen LogP contribution in [0.4, 0.5) is 0 Å². The summed E-state index contributed by atoms with van der Waals surface area (Å²) in [6.07, 6.45) is 1.32. The lowest BCUT2D eigenvalue weighted by molar-refractivity contribution is 0.0725. The summed E-state index contributed by atoms with van der Waals surface area (Å²) in [4.78, 5) is 25.4. The molecule has 0 saturated heterocycles. The van der Waals surface area contributed by atoms with Crippen LogP contribution in [0, 0.1) is 0 Å². The van der Waals surface area contributed by atoms with Gasteiger partial charge in [-0.05, 0) is 95.1 Å². The third-order valence-corrected chi connectivity index (χ3v) is 6.68. The highest BCUT2D eigenvalue weighted by Gasteiger charge is 2.36. The van der Waals surface area contributed by atoms with Gasteiger partial charge in [-0.3, -0.25) is 0 Å². The van der Waals surface area contributed by atoms with Gasteiger partial charge in [-0.2, -0.15) is 0 Å². The molecule has 0 heterocycles. The Balaban J connectivity index is 1.35. The number of hydrogen-bond acceptors (Lipinski definition) is 6. The van der Waals surface area contributed by atoms with Crippen LogP contribution in [0.1, 0.15) is 45.7 Å². The normalized spacial score (nSPS) is 12.6. The molecule has 0 N–H and O–H groups in total. The molecule has 0 aliphatic heterocycles. The van der Waals surface area contributed by atoms with E-state index in [9.17, 15) is 9.59 Å². The van der Waals surface area contributed by atoms with Crippen LogP contribution in [-0.4, -0.2) is 19.0 Å². The molecule has 1 aliphatic rings. The van der Waals surface area contributed by atoms with Gasteiger partial charge in [0.05, 0.1) is 24.5 Å². The van der Waals surface area contributed by atoms with Crippen molar-refractivity contribution in [1.82, 2.24) is 0 Å². The number of esters is 2. The molecule has 4 aromatic rings. The fourth-order valence-electron chi connectivity index (χ4n) is 4.65. The smallest absolute Gasteiger partial charge is 0.343 e. The summed E-state index contributed by atoms with van der Waals surface area (Å²) >= 11 is 0. The van der Waals surface area contributed by atoms with E-state index in [2.05, 4.69) is 20.4 Å². The minimum absolute atomic E-state index is 0.403. The van der Waals surface area contributed by atoms with E-state index >= 15 is 0 Å². The van der Waals surface area contributed by atoms with Crippen LogP contribution in [0.5, 0.6) is 23.0 Å². The summed E-state index contributed by atoms with van der Waals surface area (Å²) in [5.41, 5.74) is 4.57. The van der Waals surface area contributed by atoms with Crippen molar-refractivity contribution >= 4 is 11.9 Å². The van der Waals surface area contributed by atoms with Crippen LogP contribution in [0.3, 0.4) is 0 Å². The van der Waals surface area contributed by atoms with Gasteiger partial charge >= 0.3 is 11.9 Å². The first-order valence-electron chi connectivity index (χ1n) is 12.1. The molecule has 0 amide bonds. The lowest BCUT2D eigenvalue weighted by Crippen LogP contribution is -2.16. The molecule has 0 fully saturated rings. The Morgan fingerprint density at radius 3 is 1.50 bits per heavy atom. The largest absolute Gasteiger partial charge is 0.497 e. The first-order valence-corrected chi connectivity index (χ1v) is 12.1. The summed E-state index contributed by atoms with van der Waals surface area (Å²) in [7, 11) is 1.57. The summed E-state index contributed by atoms with van der Waals surface area (Å²) < 4.78 is 21.7. The predicted octanol–water partition coefficient (Wildman–Crippen LogP) is 6.96. The molecule has 0 atom stereocenters. The van der Waals surface area contributed by atoms with Crippen molar-refractivity contribution in [1.29, 1.82) is 0 Å². The molecular formula is C32H26O6. The lowest BCUT2D eigenvalue weighted by atomic mass is 9.82. The van der Waals surface area contributed by atoms with Crippen LogP contribution in [0.15, 0.2) is 97.8 Å². The van der Waals surface area contributed by atoms with Crippen LogP contribution in [0.25, 0.3) is 11.1 Å². The fraction of sp³-hybridized carbons (Fsp3) is 0.125. The second-order valence-electron chi connectivity index (χ2n) is 9.36. The van der Waals surface area contributed by atoms with Crippen molar-refractivity contribution in [3.8, 4) is 34.1 Å². The Kier molecular flexibility index (Phi) is 6.47. The minimum atomic E-state index is -0.462. The van der Waals surface area contributed by atoms with Gasteiger partial charge in [0.2, 0.25) is 0 Å². The molecule has 5 rings (SSSR count). The van der Waals surface area contributed by atoms with E-state index in [4.69, 9.17) is 18.9 Å². The number of methoxy groups -OCH3 is 1. The van der Waals surface area contributed by atoms with E-state index in [1.54, 1.807) is 67.8 Å². The van der Waals surface area contributed by atoms with Crippen LogP contribution >= 0.6 is 0 Å².